The Morgan fingerprint density at radius 1 is 1.50 bits per heavy atom. The van der Waals surface area contributed by atoms with Gasteiger partial charge in [0.1, 0.15) is 12.8 Å². The minimum Gasteiger partial charge on any atom is -0.493 e. The summed E-state index contributed by atoms with van der Waals surface area (Å²) in [5.74, 6) is 0.102. The van der Waals surface area contributed by atoms with Gasteiger partial charge in [-0.2, -0.15) is 0 Å². The number of carbonyl (C=O) groups excluding carboxylic acids is 3. The molecule has 0 radical (unpaired) electrons. The average molecular weight is 306 g/mol. The summed E-state index contributed by atoms with van der Waals surface area (Å²) in [6.07, 6.45) is 1.46. The molecule has 7 heteroatoms. The van der Waals surface area contributed by atoms with E-state index >= 15 is 0 Å². The van der Waals surface area contributed by atoms with Gasteiger partial charge in [0.25, 0.3) is 5.91 Å². The van der Waals surface area contributed by atoms with E-state index in [2.05, 4.69) is 5.32 Å². The van der Waals surface area contributed by atoms with Crippen LogP contribution < -0.4 is 19.7 Å². The number of benzene rings is 1. The largest absolute Gasteiger partial charge is 0.493 e. The number of nitrogens with one attached hydrogen (secondary N) is 1. The predicted molar refractivity (Wildman–Crippen MR) is 79.5 cm³/mol. The molecular weight excluding hydrogens is 288 g/mol. The first-order valence-corrected chi connectivity index (χ1v) is 6.97. The first-order chi connectivity index (χ1) is 10.6. The van der Waals surface area contributed by atoms with E-state index < -0.39 is 0 Å². The van der Waals surface area contributed by atoms with Crippen molar-refractivity contribution in [2.45, 2.75) is 13.3 Å². The fourth-order valence-electron chi connectivity index (χ4n) is 2.16. The zero-order chi connectivity index (χ0) is 16.1. The molecule has 0 bridgehead atoms. The van der Waals surface area contributed by atoms with Crippen LogP contribution in [0.1, 0.15) is 23.7 Å². The van der Waals surface area contributed by atoms with Crippen molar-refractivity contribution in [3.05, 3.63) is 17.7 Å². The summed E-state index contributed by atoms with van der Waals surface area (Å²) in [4.78, 5) is 36.3. The number of methoxy groups -OCH3 is 1. The molecule has 0 atom stereocenters. The second-order valence-corrected chi connectivity index (χ2v) is 4.81. The number of aldehydes is 1. The van der Waals surface area contributed by atoms with Crippen molar-refractivity contribution in [3.8, 4) is 11.5 Å². The predicted octanol–water partition coefficient (Wildman–Crippen LogP) is 0.759. The highest BCUT2D eigenvalue weighted by Crippen LogP contribution is 2.41. The van der Waals surface area contributed by atoms with Crippen molar-refractivity contribution in [1.29, 1.82) is 0 Å². The summed E-state index contributed by atoms with van der Waals surface area (Å²) < 4.78 is 10.6. The first-order valence-electron chi connectivity index (χ1n) is 6.97. The zero-order valence-electron chi connectivity index (χ0n) is 12.5. The molecule has 22 heavy (non-hydrogen) atoms. The van der Waals surface area contributed by atoms with E-state index in [1.807, 2.05) is 6.92 Å². The number of rotatable bonds is 6. The molecule has 7 nitrogen and oxygen atoms in total. The Morgan fingerprint density at radius 3 is 2.91 bits per heavy atom. The van der Waals surface area contributed by atoms with Gasteiger partial charge < -0.3 is 14.8 Å². The fraction of sp³-hybridized carbons (Fsp3) is 0.400. The number of hydrogen-bond acceptors (Lipinski definition) is 5. The van der Waals surface area contributed by atoms with Gasteiger partial charge in [-0.05, 0) is 18.6 Å². The normalized spacial score (nSPS) is 13.2. The van der Waals surface area contributed by atoms with E-state index in [4.69, 9.17) is 9.47 Å². The topological polar surface area (TPSA) is 84.9 Å². The van der Waals surface area contributed by atoms with Crippen LogP contribution in [0.2, 0.25) is 0 Å². The Labute approximate surface area is 128 Å². The van der Waals surface area contributed by atoms with Crippen LogP contribution >= 0.6 is 0 Å². The average Bonchev–Trinajstić information content (AvgIpc) is 2.54. The molecule has 1 aliphatic heterocycles. The molecule has 0 aromatic heterocycles. The summed E-state index contributed by atoms with van der Waals surface area (Å²) in [6, 6.07) is 3.03. The van der Waals surface area contributed by atoms with Crippen molar-refractivity contribution in [3.63, 3.8) is 0 Å². The molecule has 0 spiro atoms. The monoisotopic (exact) mass is 306 g/mol. The minimum absolute atomic E-state index is 0.124. The summed E-state index contributed by atoms with van der Waals surface area (Å²) in [5, 5.41) is 2.71. The van der Waals surface area contributed by atoms with Crippen molar-refractivity contribution >= 4 is 23.8 Å². The van der Waals surface area contributed by atoms with Gasteiger partial charge in [-0.1, -0.05) is 6.92 Å². The van der Waals surface area contributed by atoms with E-state index in [1.165, 1.54) is 24.1 Å². The van der Waals surface area contributed by atoms with Crippen LogP contribution in [0.15, 0.2) is 12.1 Å². The van der Waals surface area contributed by atoms with Gasteiger partial charge in [-0.3, -0.25) is 19.3 Å². The van der Waals surface area contributed by atoms with E-state index in [0.29, 0.717) is 35.6 Å². The number of carbonyl (C=O) groups is 3. The maximum atomic E-state index is 12.1. The Kier molecular flexibility index (Phi) is 4.98. The summed E-state index contributed by atoms with van der Waals surface area (Å²) in [6.45, 7) is 2.18. The molecule has 0 saturated carbocycles. The number of nitrogens with zero attached hydrogens (tertiary/aromatic N) is 1. The van der Waals surface area contributed by atoms with Crippen molar-refractivity contribution in [2.75, 3.05) is 31.7 Å². The van der Waals surface area contributed by atoms with Crippen LogP contribution in [0.25, 0.3) is 0 Å². The van der Waals surface area contributed by atoms with Gasteiger partial charge in [0, 0.05) is 12.1 Å². The third-order valence-corrected chi connectivity index (χ3v) is 3.22. The number of anilines is 1. The third kappa shape index (κ3) is 3.19. The van der Waals surface area contributed by atoms with Crippen molar-refractivity contribution in [2.24, 2.45) is 0 Å². The lowest BCUT2D eigenvalue weighted by atomic mass is 10.1. The summed E-state index contributed by atoms with van der Waals surface area (Å²) >= 11 is 0. The van der Waals surface area contributed by atoms with Crippen LogP contribution in [-0.2, 0) is 9.59 Å². The highest BCUT2D eigenvalue weighted by atomic mass is 16.5. The SMILES string of the molecule is CCCNC(=O)CN1C(=O)COc2c(OC)cc(C=O)cc21. The molecule has 2 amide bonds. The third-order valence-electron chi connectivity index (χ3n) is 3.22. The zero-order valence-corrected chi connectivity index (χ0v) is 12.5. The Balaban J connectivity index is 2.35. The molecule has 1 aliphatic rings. The van der Waals surface area contributed by atoms with E-state index in [0.717, 1.165) is 6.42 Å². The number of ether oxygens (including phenoxy) is 2. The van der Waals surface area contributed by atoms with Crippen LogP contribution in [0.4, 0.5) is 5.69 Å². The highest BCUT2D eigenvalue weighted by Gasteiger charge is 2.30. The number of amides is 2. The Hall–Kier alpha value is -2.57. The van der Waals surface area contributed by atoms with Crippen molar-refractivity contribution < 1.29 is 23.9 Å². The van der Waals surface area contributed by atoms with Gasteiger partial charge in [-0.25, -0.2) is 0 Å². The summed E-state index contributed by atoms with van der Waals surface area (Å²) in [7, 11) is 1.45. The first kappa shape index (κ1) is 15.8. The highest BCUT2D eigenvalue weighted by molar-refractivity contribution is 6.03. The fourth-order valence-corrected chi connectivity index (χ4v) is 2.16. The molecule has 0 fully saturated rings. The lowest BCUT2D eigenvalue weighted by Gasteiger charge is -2.30. The maximum Gasteiger partial charge on any atom is 0.265 e. The molecule has 0 saturated heterocycles. The molecule has 118 valence electrons. The van der Waals surface area contributed by atoms with Gasteiger partial charge in [0.2, 0.25) is 5.91 Å². The molecule has 1 aromatic carbocycles. The molecule has 1 aromatic rings. The van der Waals surface area contributed by atoms with E-state index in [9.17, 15) is 14.4 Å². The van der Waals surface area contributed by atoms with Crippen LogP contribution in [0, 0.1) is 0 Å². The maximum absolute atomic E-state index is 12.1. The van der Waals surface area contributed by atoms with Crippen LogP contribution in [0.5, 0.6) is 11.5 Å². The van der Waals surface area contributed by atoms with Gasteiger partial charge in [-0.15, -0.1) is 0 Å². The number of fused-ring (bicyclic) bond motifs is 1. The molecule has 1 N–H and O–H groups in total. The minimum atomic E-state index is -0.343. The van der Waals surface area contributed by atoms with Crippen molar-refractivity contribution in [1.82, 2.24) is 5.32 Å². The lowest BCUT2D eigenvalue weighted by molar-refractivity contribution is -0.125. The molecule has 1 heterocycles. The standard InChI is InChI=1S/C15H18N2O5/c1-3-4-16-13(19)7-17-11-5-10(8-18)6-12(21-2)15(11)22-9-14(17)20/h5-6,8H,3-4,7,9H2,1-2H3,(H,16,19). The Morgan fingerprint density at radius 2 is 2.27 bits per heavy atom. The van der Waals surface area contributed by atoms with E-state index in [-0.39, 0.29) is 25.0 Å². The number of hydrogen-bond donors (Lipinski definition) is 1. The second kappa shape index (κ2) is 6.93. The second-order valence-electron chi connectivity index (χ2n) is 4.81. The lowest BCUT2D eigenvalue weighted by Crippen LogP contribution is -2.45. The molecule has 0 aliphatic carbocycles. The molecule has 0 unspecified atom stereocenters. The van der Waals surface area contributed by atoms with Gasteiger partial charge >= 0.3 is 0 Å². The van der Waals surface area contributed by atoms with Crippen LogP contribution in [-0.4, -0.2) is 44.9 Å². The van der Waals surface area contributed by atoms with Gasteiger partial charge in [0.15, 0.2) is 18.1 Å². The van der Waals surface area contributed by atoms with E-state index in [1.54, 1.807) is 0 Å². The van der Waals surface area contributed by atoms with Gasteiger partial charge in [0.05, 0.1) is 12.8 Å². The molecule has 2 rings (SSSR count). The quantitative estimate of drug-likeness (QED) is 0.784. The smallest absolute Gasteiger partial charge is 0.265 e. The summed E-state index contributed by atoms with van der Waals surface area (Å²) in [5.41, 5.74) is 0.706. The van der Waals surface area contributed by atoms with Crippen LogP contribution in [0.3, 0.4) is 0 Å². The molecular formula is C15H18N2O5. The Bertz CT molecular complexity index is 600.